The smallest absolute Gasteiger partial charge is 0.420 e. The minimum atomic E-state index is -2.92. The second kappa shape index (κ2) is 15.8. The number of nitrogens with zero attached hydrogens (tertiary/aromatic N) is 1. The molecule has 0 aliphatic heterocycles. The predicted octanol–water partition coefficient (Wildman–Crippen LogP) is 5.97. The highest BCUT2D eigenvalue weighted by molar-refractivity contribution is 5.99. The summed E-state index contributed by atoms with van der Waals surface area (Å²) in [5, 5.41) is 0. The van der Waals surface area contributed by atoms with Crippen molar-refractivity contribution in [2.75, 3.05) is 13.2 Å². The van der Waals surface area contributed by atoms with E-state index in [2.05, 4.69) is 4.74 Å². The highest BCUT2D eigenvalue weighted by Crippen LogP contribution is 2.53. The Morgan fingerprint density at radius 1 is 0.780 bits per heavy atom. The number of esters is 2. The van der Waals surface area contributed by atoms with E-state index < -0.39 is 77.5 Å². The van der Waals surface area contributed by atoms with Crippen LogP contribution in [0.3, 0.4) is 0 Å². The molecule has 0 spiro atoms. The van der Waals surface area contributed by atoms with Crippen molar-refractivity contribution < 1.29 is 55.7 Å². The fourth-order valence-electron chi connectivity index (χ4n) is 3.55. The molecule has 244 valence electrons. The lowest BCUT2D eigenvalue weighted by molar-refractivity contribution is -0.152. The van der Waals surface area contributed by atoms with Gasteiger partial charge >= 0.3 is 24.1 Å². The van der Waals surface area contributed by atoms with Crippen molar-refractivity contribution in [3.8, 4) is 0 Å². The van der Waals surface area contributed by atoms with E-state index in [9.17, 15) is 36.7 Å². The van der Waals surface area contributed by atoms with Crippen molar-refractivity contribution in [2.45, 2.75) is 118 Å². The summed E-state index contributed by atoms with van der Waals surface area (Å²) in [7, 11) is 0. The second-order valence-electron chi connectivity index (χ2n) is 11.0. The van der Waals surface area contributed by atoms with Gasteiger partial charge in [-0.1, -0.05) is 14.9 Å². The van der Waals surface area contributed by atoms with E-state index in [1.54, 1.807) is 48.5 Å². The lowest BCUT2D eigenvalue weighted by atomic mass is 10.1. The molecule has 0 aromatic heterocycles. The van der Waals surface area contributed by atoms with Gasteiger partial charge in [-0.15, -0.1) is 12.4 Å². The monoisotopic (exact) mass is 626 g/mol. The maximum absolute atomic E-state index is 13.3. The van der Waals surface area contributed by atoms with E-state index in [4.69, 9.17) is 19.9 Å². The third-order valence-electron chi connectivity index (χ3n) is 5.49. The molecule has 2 aliphatic carbocycles. The number of hydrogen-bond donors (Lipinski definition) is 1. The summed E-state index contributed by atoms with van der Waals surface area (Å²) in [6.45, 7) is 12.5. The van der Waals surface area contributed by atoms with Gasteiger partial charge in [0.1, 0.15) is 16.7 Å². The van der Waals surface area contributed by atoms with Gasteiger partial charge in [0.25, 0.3) is 0 Å². The number of amides is 2. The van der Waals surface area contributed by atoms with Crippen molar-refractivity contribution in [1.29, 1.82) is 0 Å². The average molecular weight is 627 g/mol. The lowest BCUT2D eigenvalue weighted by Crippen LogP contribution is -2.55. The van der Waals surface area contributed by atoms with Gasteiger partial charge < -0.3 is 24.7 Å². The number of ether oxygens (including phenoxy) is 4. The van der Waals surface area contributed by atoms with Crippen LogP contribution < -0.4 is 5.73 Å². The van der Waals surface area contributed by atoms with Gasteiger partial charge in [0.05, 0.1) is 25.0 Å². The molecule has 2 saturated carbocycles. The Hall–Kier alpha value is -2.35. The lowest BCUT2D eigenvalue weighted by Gasteiger charge is -2.33. The molecule has 0 heterocycles. The largest absolute Gasteiger partial charge is 0.465 e. The van der Waals surface area contributed by atoms with Crippen molar-refractivity contribution in [2.24, 2.45) is 17.6 Å². The molecule has 4 atom stereocenters. The molecule has 2 N–H and O–H groups in total. The number of alkyl halides is 4. The van der Waals surface area contributed by atoms with Crippen molar-refractivity contribution in [3.05, 3.63) is 0 Å². The van der Waals surface area contributed by atoms with E-state index in [0.717, 1.165) is 0 Å². The minimum Gasteiger partial charge on any atom is -0.465 e. The SMILES string of the molecule is C.C.CCOC(=O)[C@@]1(N(C(=O)OC(C)(C)C)C(=O)OC(C)(C)C)C[C@H]1C(F)F.CCOC(=O)[C@@]1(N)C[C@H]1C(F)F.Cl. The van der Waals surface area contributed by atoms with Gasteiger partial charge in [0.2, 0.25) is 12.9 Å². The van der Waals surface area contributed by atoms with Crippen LogP contribution in [0.4, 0.5) is 27.2 Å². The van der Waals surface area contributed by atoms with Crippen LogP contribution in [-0.2, 0) is 28.5 Å². The first-order valence-electron chi connectivity index (χ1n) is 12.1. The van der Waals surface area contributed by atoms with E-state index in [1.807, 2.05) is 0 Å². The standard InChI is InChI=1S/C17H27F2NO6.C7H11F2NO2.2CH4.ClH/c1-8-24-12(21)17(9-10(17)11(18)19)20(13(22)25-15(2,3)4)14(23)26-16(5,6)7;1-2-12-6(11)7(10)3-4(7)5(8)9;;;/h10-11H,8-9H2,1-7H3;4-5H,2-3,10H2,1H3;2*1H4;1H/t10-,17+;4-,7+;;;/m00.../s1. The predicted molar refractivity (Wildman–Crippen MR) is 146 cm³/mol. The number of nitrogens with two attached hydrogens (primary N) is 1. The molecule has 0 unspecified atom stereocenters. The van der Waals surface area contributed by atoms with Crippen LogP contribution in [-0.4, -0.2) is 77.4 Å². The molecule has 0 aromatic rings. The molecule has 2 aliphatic rings. The molecule has 0 aromatic carbocycles. The Morgan fingerprint density at radius 3 is 1.41 bits per heavy atom. The molecule has 2 fully saturated rings. The first-order chi connectivity index (χ1) is 17.2. The Balaban J connectivity index is -0.000000816. The number of imide groups is 1. The quantitative estimate of drug-likeness (QED) is 0.206. The molecular weight excluding hydrogens is 580 g/mol. The molecule has 10 nitrogen and oxygen atoms in total. The summed E-state index contributed by atoms with van der Waals surface area (Å²) in [6.07, 6.45) is -8.30. The molecular formula is C26H47ClF4N2O8. The Kier molecular flexibility index (Phi) is 16.6. The van der Waals surface area contributed by atoms with Crippen LogP contribution in [0.25, 0.3) is 0 Å². The normalized spacial score (nSPS) is 24.2. The topological polar surface area (TPSA) is 134 Å². The molecule has 0 bridgehead atoms. The highest BCUT2D eigenvalue weighted by atomic mass is 35.5. The van der Waals surface area contributed by atoms with Crippen LogP contribution in [0.5, 0.6) is 0 Å². The summed E-state index contributed by atoms with van der Waals surface area (Å²) in [4.78, 5) is 48.9. The van der Waals surface area contributed by atoms with E-state index in [0.29, 0.717) is 4.90 Å². The molecule has 2 amide bonds. The number of carbonyl (C=O) groups excluding carboxylic acids is 4. The van der Waals surface area contributed by atoms with Crippen LogP contribution in [0, 0.1) is 11.8 Å². The Morgan fingerprint density at radius 2 is 1.15 bits per heavy atom. The van der Waals surface area contributed by atoms with Crippen LogP contribution >= 0.6 is 12.4 Å². The molecule has 0 radical (unpaired) electrons. The first kappa shape index (κ1) is 43.1. The van der Waals surface area contributed by atoms with Gasteiger partial charge in [0.15, 0.2) is 5.54 Å². The van der Waals surface area contributed by atoms with Crippen LogP contribution in [0.15, 0.2) is 0 Å². The number of halogens is 5. The fourth-order valence-corrected chi connectivity index (χ4v) is 3.55. The third kappa shape index (κ3) is 11.1. The zero-order valence-electron chi connectivity index (χ0n) is 23.3. The average Bonchev–Trinajstić information content (AvgIpc) is 3.61. The number of hydrogen-bond acceptors (Lipinski definition) is 9. The van der Waals surface area contributed by atoms with E-state index in [1.165, 1.54) is 6.92 Å². The van der Waals surface area contributed by atoms with Gasteiger partial charge in [-0.2, -0.15) is 4.90 Å². The maximum Gasteiger partial charge on any atom is 0.420 e. The van der Waals surface area contributed by atoms with E-state index >= 15 is 0 Å². The zero-order chi connectivity index (χ0) is 29.9. The summed E-state index contributed by atoms with van der Waals surface area (Å²) >= 11 is 0. The zero-order valence-corrected chi connectivity index (χ0v) is 24.2. The van der Waals surface area contributed by atoms with Crippen LogP contribution in [0.2, 0.25) is 0 Å². The Bertz CT molecular complexity index is 870. The van der Waals surface area contributed by atoms with Gasteiger partial charge in [-0.3, -0.25) is 4.79 Å². The van der Waals surface area contributed by atoms with Gasteiger partial charge in [-0.05, 0) is 68.2 Å². The van der Waals surface area contributed by atoms with Crippen molar-refractivity contribution in [3.63, 3.8) is 0 Å². The minimum absolute atomic E-state index is 0. The Labute approximate surface area is 246 Å². The summed E-state index contributed by atoms with van der Waals surface area (Å²) in [6, 6.07) is 0. The molecule has 0 saturated heterocycles. The first-order valence-corrected chi connectivity index (χ1v) is 12.1. The van der Waals surface area contributed by atoms with E-state index in [-0.39, 0.29) is 46.9 Å². The van der Waals surface area contributed by atoms with Gasteiger partial charge in [-0.25, -0.2) is 31.9 Å². The maximum atomic E-state index is 13.3. The highest BCUT2D eigenvalue weighted by Gasteiger charge is 2.73. The number of carbonyl (C=O) groups is 4. The van der Waals surface area contributed by atoms with Crippen molar-refractivity contribution in [1.82, 2.24) is 4.90 Å². The molecule has 2 rings (SSSR count). The summed E-state index contributed by atoms with van der Waals surface area (Å²) in [5.74, 6) is -4.35. The second-order valence-corrected chi connectivity index (χ2v) is 11.0. The summed E-state index contributed by atoms with van der Waals surface area (Å²) in [5.41, 5.74) is -0.199. The summed E-state index contributed by atoms with van der Waals surface area (Å²) < 4.78 is 70.5. The molecule has 15 heteroatoms. The number of rotatable bonds is 7. The van der Waals surface area contributed by atoms with Gasteiger partial charge in [0, 0.05) is 0 Å². The molecule has 41 heavy (non-hydrogen) atoms. The fraction of sp³-hybridized carbons (Fsp3) is 0.846. The third-order valence-corrected chi connectivity index (χ3v) is 5.49. The van der Waals surface area contributed by atoms with Crippen molar-refractivity contribution >= 4 is 36.5 Å². The van der Waals surface area contributed by atoms with Crippen LogP contribution in [0.1, 0.15) is 83.1 Å².